The first kappa shape index (κ1) is 13.2. The van der Waals surface area contributed by atoms with Crippen LogP contribution in [-0.4, -0.2) is 32.5 Å². The van der Waals surface area contributed by atoms with Gasteiger partial charge < -0.3 is 5.32 Å². The van der Waals surface area contributed by atoms with Gasteiger partial charge in [-0.05, 0) is 0 Å². The molecule has 0 aliphatic carbocycles. The summed E-state index contributed by atoms with van der Waals surface area (Å²) >= 11 is 1.23. The van der Waals surface area contributed by atoms with Crippen molar-refractivity contribution < 1.29 is 13.2 Å². The summed E-state index contributed by atoms with van der Waals surface area (Å²) in [5.41, 5.74) is 0. The van der Waals surface area contributed by atoms with E-state index in [9.17, 15) is 13.2 Å². The maximum atomic E-state index is 12.0. The van der Waals surface area contributed by atoms with Crippen LogP contribution in [0.25, 0.3) is 4.96 Å². The number of alkyl halides is 3. The third-order valence-electron chi connectivity index (χ3n) is 2.17. The number of hydrogen-bond acceptors (Lipinski definition) is 5. The summed E-state index contributed by atoms with van der Waals surface area (Å²) in [6.07, 6.45) is -4.21. The summed E-state index contributed by atoms with van der Waals surface area (Å²) in [4.78, 5) is 0.600. The lowest BCUT2D eigenvalue weighted by Crippen LogP contribution is -2.28. The number of halogens is 3. The molecule has 9 heteroatoms. The minimum absolute atomic E-state index is 0.0745. The molecule has 5 nitrogen and oxygen atoms in total. The Morgan fingerprint density at radius 1 is 1.33 bits per heavy atom. The summed E-state index contributed by atoms with van der Waals surface area (Å²) in [6, 6.07) is 0. The third-order valence-corrected chi connectivity index (χ3v) is 3.07. The van der Waals surface area contributed by atoms with Gasteiger partial charge in [-0.15, -0.1) is 10.2 Å². The molecule has 0 bridgehead atoms. The molecule has 0 saturated carbocycles. The molecular formula is C9H12F3N5S. The number of nitrogens with one attached hydrogen (secondary N) is 1. The van der Waals surface area contributed by atoms with Gasteiger partial charge in [0.1, 0.15) is 5.01 Å². The summed E-state index contributed by atoms with van der Waals surface area (Å²) in [7, 11) is 0. The van der Waals surface area contributed by atoms with Crippen molar-refractivity contribution in [1.29, 1.82) is 0 Å². The molecule has 2 aromatic heterocycles. The van der Waals surface area contributed by atoms with Gasteiger partial charge in [-0.3, -0.25) is 0 Å². The van der Waals surface area contributed by atoms with Crippen LogP contribution in [0.1, 0.15) is 30.6 Å². The van der Waals surface area contributed by atoms with Crippen molar-refractivity contribution in [3.05, 3.63) is 10.8 Å². The van der Waals surface area contributed by atoms with Gasteiger partial charge in [-0.25, -0.2) is 0 Å². The van der Waals surface area contributed by atoms with E-state index in [0.717, 1.165) is 0 Å². The highest BCUT2D eigenvalue weighted by molar-refractivity contribution is 7.16. The molecule has 0 atom stereocenters. The van der Waals surface area contributed by atoms with Crippen LogP contribution in [0.15, 0.2) is 0 Å². The fraction of sp³-hybridized carbons (Fsp3) is 0.667. The zero-order valence-electron chi connectivity index (χ0n) is 9.82. The molecule has 0 unspecified atom stereocenters. The molecule has 0 fully saturated rings. The number of rotatable bonds is 4. The second-order valence-corrected chi connectivity index (χ2v) is 5.16. The Hall–Kier alpha value is -1.22. The van der Waals surface area contributed by atoms with Crippen molar-refractivity contribution in [2.45, 2.75) is 32.5 Å². The van der Waals surface area contributed by atoms with E-state index in [1.807, 2.05) is 13.8 Å². The maximum Gasteiger partial charge on any atom is 0.401 e. The molecule has 0 aliphatic rings. The summed E-state index contributed by atoms with van der Waals surface area (Å²) in [5.74, 6) is 0.876. The molecule has 0 spiro atoms. The van der Waals surface area contributed by atoms with Gasteiger partial charge >= 0.3 is 6.18 Å². The SMILES string of the molecule is CC(C)c1nnc2sc(CNCC(F)(F)F)nn12. The molecule has 100 valence electrons. The van der Waals surface area contributed by atoms with Crippen molar-refractivity contribution in [1.82, 2.24) is 25.1 Å². The minimum Gasteiger partial charge on any atom is -0.302 e. The van der Waals surface area contributed by atoms with E-state index in [4.69, 9.17) is 0 Å². The van der Waals surface area contributed by atoms with Gasteiger partial charge in [-0.2, -0.15) is 22.8 Å². The molecule has 2 rings (SSSR count). The van der Waals surface area contributed by atoms with E-state index in [0.29, 0.717) is 15.8 Å². The topological polar surface area (TPSA) is 55.1 Å². The van der Waals surface area contributed by atoms with Crippen LogP contribution in [0.3, 0.4) is 0 Å². The zero-order chi connectivity index (χ0) is 13.3. The molecule has 2 aromatic rings. The number of aromatic nitrogens is 4. The van der Waals surface area contributed by atoms with Crippen molar-refractivity contribution in [3.8, 4) is 0 Å². The van der Waals surface area contributed by atoms with Gasteiger partial charge in [0.05, 0.1) is 13.1 Å². The number of fused-ring (bicyclic) bond motifs is 1. The van der Waals surface area contributed by atoms with Gasteiger partial charge in [0.25, 0.3) is 0 Å². The predicted octanol–water partition coefficient (Wildman–Crippen LogP) is 1.96. The molecule has 2 heterocycles. The molecule has 1 N–H and O–H groups in total. The molecule has 0 saturated heterocycles. The Kier molecular flexibility index (Phi) is 3.53. The van der Waals surface area contributed by atoms with E-state index in [1.54, 1.807) is 4.52 Å². The minimum atomic E-state index is -4.21. The van der Waals surface area contributed by atoms with Crippen molar-refractivity contribution >= 4 is 16.3 Å². The molecule has 18 heavy (non-hydrogen) atoms. The Bertz CT molecular complexity index is 530. The summed E-state index contributed by atoms with van der Waals surface area (Å²) in [6.45, 7) is 2.96. The highest BCUT2D eigenvalue weighted by atomic mass is 32.1. The predicted molar refractivity (Wildman–Crippen MR) is 60.5 cm³/mol. The summed E-state index contributed by atoms with van der Waals surface area (Å²) < 4.78 is 37.5. The average Bonchev–Trinajstić information content (AvgIpc) is 2.73. The Morgan fingerprint density at radius 3 is 2.67 bits per heavy atom. The zero-order valence-corrected chi connectivity index (χ0v) is 10.6. The van der Waals surface area contributed by atoms with Crippen LogP contribution in [-0.2, 0) is 6.54 Å². The van der Waals surface area contributed by atoms with Gasteiger partial charge in [0, 0.05) is 5.92 Å². The van der Waals surface area contributed by atoms with E-state index in [2.05, 4.69) is 20.6 Å². The fourth-order valence-electron chi connectivity index (χ4n) is 1.41. The standard InChI is InChI=1S/C9H12F3N5S/c1-5(2)7-14-15-8-17(7)16-6(18-8)3-13-4-9(10,11)12/h5,13H,3-4H2,1-2H3. The normalized spacial score (nSPS) is 12.8. The molecule has 0 aromatic carbocycles. The van der Waals surface area contributed by atoms with Crippen LogP contribution in [0.2, 0.25) is 0 Å². The van der Waals surface area contributed by atoms with E-state index in [-0.39, 0.29) is 12.5 Å². The lowest BCUT2D eigenvalue weighted by molar-refractivity contribution is -0.125. The van der Waals surface area contributed by atoms with Crippen LogP contribution < -0.4 is 5.32 Å². The van der Waals surface area contributed by atoms with Crippen LogP contribution >= 0.6 is 11.3 Å². The first-order valence-corrected chi connectivity index (χ1v) is 6.17. The second kappa shape index (κ2) is 4.81. The molecule has 0 radical (unpaired) electrons. The molecule has 0 amide bonds. The van der Waals surface area contributed by atoms with Gasteiger partial charge in [0.15, 0.2) is 5.82 Å². The second-order valence-electron chi connectivity index (χ2n) is 4.12. The van der Waals surface area contributed by atoms with Gasteiger partial charge in [0.2, 0.25) is 4.96 Å². The fourth-order valence-corrected chi connectivity index (χ4v) is 2.22. The first-order valence-electron chi connectivity index (χ1n) is 5.35. The van der Waals surface area contributed by atoms with Crippen molar-refractivity contribution in [2.24, 2.45) is 0 Å². The molecule has 0 aliphatic heterocycles. The first-order chi connectivity index (χ1) is 8.37. The molecular weight excluding hydrogens is 267 g/mol. The Morgan fingerprint density at radius 2 is 2.06 bits per heavy atom. The third kappa shape index (κ3) is 2.96. The highest BCUT2D eigenvalue weighted by Gasteiger charge is 2.26. The number of hydrogen-bond donors (Lipinski definition) is 1. The van der Waals surface area contributed by atoms with Crippen LogP contribution in [0.5, 0.6) is 0 Å². The van der Waals surface area contributed by atoms with Crippen LogP contribution in [0, 0.1) is 0 Å². The van der Waals surface area contributed by atoms with Crippen LogP contribution in [0.4, 0.5) is 13.2 Å². The van der Waals surface area contributed by atoms with E-state index in [1.165, 1.54) is 11.3 Å². The maximum absolute atomic E-state index is 12.0. The van der Waals surface area contributed by atoms with Crippen molar-refractivity contribution in [2.75, 3.05) is 6.54 Å². The smallest absolute Gasteiger partial charge is 0.302 e. The lowest BCUT2D eigenvalue weighted by atomic mass is 10.2. The van der Waals surface area contributed by atoms with Crippen molar-refractivity contribution in [3.63, 3.8) is 0 Å². The van der Waals surface area contributed by atoms with E-state index >= 15 is 0 Å². The average molecular weight is 279 g/mol. The number of nitrogens with zero attached hydrogens (tertiary/aromatic N) is 4. The monoisotopic (exact) mass is 279 g/mol. The van der Waals surface area contributed by atoms with Gasteiger partial charge in [-0.1, -0.05) is 25.2 Å². The van der Waals surface area contributed by atoms with E-state index < -0.39 is 12.7 Å². The lowest BCUT2D eigenvalue weighted by Gasteiger charge is -2.05. The Balaban J connectivity index is 2.06. The Labute approximate surface area is 105 Å². The quantitative estimate of drug-likeness (QED) is 0.929. The summed E-state index contributed by atoms with van der Waals surface area (Å²) in [5, 5.41) is 15.0. The highest BCUT2D eigenvalue weighted by Crippen LogP contribution is 2.19. The largest absolute Gasteiger partial charge is 0.401 e.